The van der Waals surface area contributed by atoms with Gasteiger partial charge in [0.15, 0.2) is 5.60 Å². The van der Waals surface area contributed by atoms with Crippen molar-refractivity contribution in [2.45, 2.75) is 18.9 Å². The van der Waals surface area contributed by atoms with Gasteiger partial charge in [-0.3, -0.25) is 4.98 Å². The Morgan fingerprint density at radius 2 is 2.38 bits per heavy atom. The van der Waals surface area contributed by atoms with Crippen LogP contribution in [0.1, 0.15) is 12.5 Å². The lowest BCUT2D eigenvalue weighted by molar-refractivity contribution is -0.156. The van der Waals surface area contributed by atoms with Crippen molar-refractivity contribution < 1.29 is 15.0 Å². The number of pyridine rings is 1. The van der Waals surface area contributed by atoms with E-state index in [1.54, 1.807) is 12.4 Å². The van der Waals surface area contributed by atoms with Gasteiger partial charge < -0.3 is 15.5 Å². The monoisotopic (exact) mass is 224 g/mol. The van der Waals surface area contributed by atoms with E-state index in [0.29, 0.717) is 6.54 Å². The maximum Gasteiger partial charge on any atom is 0.336 e. The van der Waals surface area contributed by atoms with Crippen LogP contribution in [0.15, 0.2) is 24.5 Å². The summed E-state index contributed by atoms with van der Waals surface area (Å²) >= 11 is 0. The summed E-state index contributed by atoms with van der Waals surface area (Å²) in [5.41, 5.74) is -0.639. The molecule has 0 aliphatic rings. The summed E-state index contributed by atoms with van der Waals surface area (Å²) in [5, 5.41) is 21.0. The van der Waals surface area contributed by atoms with E-state index in [1.165, 1.54) is 6.92 Å². The molecule has 0 aliphatic heterocycles. The van der Waals surface area contributed by atoms with Gasteiger partial charge in [-0.15, -0.1) is 0 Å². The SMILES string of the molecule is CC(O)(CNCCc1cccnc1)C(=O)O. The second-order valence-corrected chi connectivity index (χ2v) is 3.87. The Morgan fingerprint density at radius 3 is 2.94 bits per heavy atom. The molecule has 0 radical (unpaired) electrons. The predicted octanol–water partition coefficient (Wildman–Crippen LogP) is 0.0493. The van der Waals surface area contributed by atoms with Crippen molar-refractivity contribution in [3.05, 3.63) is 30.1 Å². The van der Waals surface area contributed by atoms with Crippen LogP contribution in [0.3, 0.4) is 0 Å². The number of carbonyl (C=O) groups is 1. The Balaban J connectivity index is 2.25. The van der Waals surface area contributed by atoms with Crippen LogP contribution in [-0.2, 0) is 11.2 Å². The van der Waals surface area contributed by atoms with Crippen LogP contribution in [-0.4, -0.2) is 39.9 Å². The van der Waals surface area contributed by atoms with E-state index in [1.807, 2.05) is 12.1 Å². The Labute approximate surface area is 94.1 Å². The molecule has 88 valence electrons. The molecular weight excluding hydrogens is 208 g/mol. The number of hydrogen-bond donors (Lipinski definition) is 3. The second-order valence-electron chi connectivity index (χ2n) is 3.87. The van der Waals surface area contributed by atoms with E-state index in [2.05, 4.69) is 10.3 Å². The molecule has 1 aromatic heterocycles. The van der Waals surface area contributed by atoms with Gasteiger partial charge in [0.1, 0.15) is 0 Å². The van der Waals surface area contributed by atoms with E-state index in [4.69, 9.17) is 5.11 Å². The highest BCUT2D eigenvalue weighted by atomic mass is 16.4. The molecule has 16 heavy (non-hydrogen) atoms. The third kappa shape index (κ3) is 3.96. The zero-order chi connectivity index (χ0) is 12.0. The maximum atomic E-state index is 10.6. The first-order valence-corrected chi connectivity index (χ1v) is 5.08. The fraction of sp³-hybridized carbons (Fsp3) is 0.455. The van der Waals surface area contributed by atoms with Gasteiger partial charge in [-0.25, -0.2) is 4.79 Å². The third-order valence-corrected chi connectivity index (χ3v) is 2.24. The predicted molar refractivity (Wildman–Crippen MR) is 59.1 cm³/mol. The Hall–Kier alpha value is -1.46. The molecule has 0 fully saturated rings. The standard InChI is InChI=1S/C11H16N2O3/c1-11(16,10(14)15)8-13-6-4-9-3-2-5-12-7-9/h2-3,5,7,13,16H,4,6,8H2,1H3,(H,14,15). The molecule has 0 spiro atoms. The van der Waals surface area contributed by atoms with Crippen LogP contribution < -0.4 is 5.32 Å². The van der Waals surface area contributed by atoms with Gasteiger partial charge in [0.2, 0.25) is 0 Å². The smallest absolute Gasteiger partial charge is 0.336 e. The minimum Gasteiger partial charge on any atom is -0.479 e. The number of nitrogens with one attached hydrogen (secondary N) is 1. The van der Waals surface area contributed by atoms with Crippen LogP contribution >= 0.6 is 0 Å². The highest BCUT2D eigenvalue weighted by molar-refractivity contribution is 5.76. The summed E-state index contributed by atoms with van der Waals surface area (Å²) in [6, 6.07) is 3.80. The van der Waals surface area contributed by atoms with Crippen LogP contribution in [0.4, 0.5) is 0 Å². The first-order chi connectivity index (χ1) is 7.52. The highest BCUT2D eigenvalue weighted by Gasteiger charge is 2.28. The topological polar surface area (TPSA) is 82.5 Å². The number of nitrogens with zero attached hydrogens (tertiary/aromatic N) is 1. The summed E-state index contributed by atoms with van der Waals surface area (Å²) in [6.07, 6.45) is 4.21. The molecule has 5 heteroatoms. The summed E-state index contributed by atoms with van der Waals surface area (Å²) in [7, 11) is 0. The van der Waals surface area contributed by atoms with Crippen LogP contribution in [0.2, 0.25) is 0 Å². The minimum absolute atomic E-state index is 0.0304. The molecule has 1 unspecified atom stereocenters. The summed E-state index contributed by atoms with van der Waals surface area (Å²) in [4.78, 5) is 14.6. The van der Waals surface area contributed by atoms with E-state index in [-0.39, 0.29) is 6.54 Å². The van der Waals surface area contributed by atoms with E-state index in [0.717, 1.165) is 12.0 Å². The molecule has 1 heterocycles. The zero-order valence-corrected chi connectivity index (χ0v) is 9.18. The van der Waals surface area contributed by atoms with Crippen molar-refractivity contribution in [1.29, 1.82) is 0 Å². The fourth-order valence-electron chi connectivity index (χ4n) is 1.19. The number of rotatable bonds is 6. The number of hydrogen-bond acceptors (Lipinski definition) is 4. The highest BCUT2D eigenvalue weighted by Crippen LogP contribution is 2.01. The van der Waals surface area contributed by atoms with Crippen molar-refractivity contribution in [2.75, 3.05) is 13.1 Å². The third-order valence-electron chi connectivity index (χ3n) is 2.24. The molecule has 0 amide bonds. The minimum atomic E-state index is -1.71. The van der Waals surface area contributed by atoms with Crippen molar-refractivity contribution in [1.82, 2.24) is 10.3 Å². The number of aliphatic hydroxyl groups is 1. The van der Waals surface area contributed by atoms with Crippen molar-refractivity contribution >= 4 is 5.97 Å². The molecule has 0 aliphatic carbocycles. The molecule has 0 saturated carbocycles. The van der Waals surface area contributed by atoms with Gasteiger partial charge in [-0.1, -0.05) is 6.07 Å². The summed E-state index contributed by atoms with van der Waals surface area (Å²) < 4.78 is 0. The van der Waals surface area contributed by atoms with Gasteiger partial charge >= 0.3 is 5.97 Å². The fourth-order valence-corrected chi connectivity index (χ4v) is 1.19. The van der Waals surface area contributed by atoms with Crippen molar-refractivity contribution in [2.24, 2.45) is 0 Å². The Kier molecular flexibility index (Phi) is 4.39. The lowest BCUT2D eigenvalue weighted by atomic mass is 10.1. The molecule has 1 aromatic rings. The molecule has 0 saturated heterocycles. The van der Waals surface area contributed by atoms with E-state index in [9.17, 15) is 9.90 Å². The lowest BCUT2D eigenvalue weighted by Gasteiger charge is -2.18. The van der Waals surface area contributed by atoms with E-state index >= 15 is 0 Å². The molecule has 1 rings (SSSR count). The van der Waals surface area contributed by atoms with E-state index < -0.39 is 11.6 Å². The molecule has 0 bridgehead atoms. The number of carboxylic acid groups (broad SMARTS) is 1. The van der Waals surface area contributed by atoms with Gasteiger partial charge in [0.05, 0.1) is 0 Å². The summed E-state index contributed by atoms with van der Waals surface area (Å²) in [6.45, 7) is 1.91. The Bertz CT molecular complexity index is 338. The number of aliphatic carboxylic acids is 1. The molecule has 3 N–H and O–H groups in total. The van der Waals surface area contributed by atoms with Gasteiger partial charge in [-0.05, 0) is 31.5 Å². The first-order valence-electron chi connectivity index (χ1n) is 5.08. The number of aromatic nitrogens is 1. The van der Waals surface area contributed by atoms with Crippen LogP contribution in [0.25, 0.3) is 0 Å². The molecule has 0 aromatic carbocycles. The van der Waals surface area contributed by atoms with Gasteiger partial charge in [-0.2, -0.15) is 0 Å². The average Bonchev–Trinajstić information content (AvgIpc) is 2.26. The molecule has 1 atom stereocenters. The summed E-state index contributed by atoms with van der Waals surface area (Å²) in [5.74, 6) is -1.22. The Morgan fingerprint density at radius 1 is 1.62 bits per heavy atom. The second kappa shape index (κ2) is 5.58. The average molecular weight is 224 g/mol. The molecular formula is C11H16N2O3. The van der Waals surface area contributed by atoms with Crippen LogP contribution in [0.5, 0.6) is 0 Å². The zero-order valence-electron chi connectivity index (χ0n) is 9.18. The number of carboxylic acids is 1. The molecule has 5 nitrogen and oxygen atoms in total. The van der Waals surface area contributed by atoms with Crippen molar-refractivity contribution in [3.63, 3.8) is 0 Å². The largest absolute Gasteiger partial charge is 0.479 e. The first kappa shape index (κ1) is 12.6. The quantitative estimate of drug-likeness (QED) is 0.595. The lowest BCUT2D eigenvalue weighted by Crippen LogP contribution is -2.45. The van der Waals surface area contributed by atoms with Gasteiger partial charge in [0.25, 0.3) is 0 Å². The normalized spacial score (nSPS) is 14.4. The maximum absolute atomic E-state index is 10.6. The van der Waals surface area contributed by atoms with Crippen molar-refractivity contribution in [3.8, 4) is 0 Å². The van der Waals surface area contributed by atoms with Gasteiger partial charge in [0, 0.05) is 18.9 Å². The van der Waals surface area contributed by atoms with Crippen LogP contribution in [0, 0.1) is 0 Å².